The zero-order chi connectivity index (χ0) is 24.4. The lowest BCUT2D eigenvalue weighted by Crippen LogP contribution is -2.06. The van der Waals surface area contributed by atoms with Gasteiger partial charge in [-0.05, 0) is 77.6 Å². The maximum absolute atomic E-state index is 10.5. The van der Waals surface area contributed by atoms with Gasteiger partial charge in [-0.15, -0.1) is 0 Å². The summed E-state index contributed by atoms with van der Waals surface area (Å²) in [5, 5.41) is 31.3. The molecule has 0 saturated carbocycles. The molecule has 0 unspecified atom stereocenters. The molecule has 4 aromatic carbocycles. The Kier molecular flexibility index (Phi) is 6.21. The summed E-state index contributed by atoms with van der Waals surface area (Å²) in [5.74, 6) is 1.21. The minimum Gasteiger partial charge on any atom is -0.504 e. The summed E-state index contributed by atoms with van der Waals surface area (Å²) in [7, 11) is 1.59. The molecule has 2 aliphatic rings. The van der Waals surface area contributed by atoms with Crippen molar-refractivity contribution in [2.24, 2.45) is 0 Å². The number of aryl methyl sites for hydroxylation is 2. The van der Waals surface area contributed by atoms with Crippen LogP contribution >= 0.6 is 0 Å². The van der Waals surface area contributed by atoms with Crippen molar-refractivity contribution in [3.63, 3.8) is 0 Å². The van der Waals surface area contributed by atoms with E-state index >= 15 is 0 Å². The lowest BCUT2D eigenvalue weighted by Gasteiger charge is -2.19. The second-order valence-electron chi connectivity index (χ2n) is 8.58. The number of phenolic OH excluding ortho intramolecular Hbond substituents is 3. The molecule has 0 aliphatic carbocycles. The van der Waals surface area contributed by atoms with E-state index in [-0.39, 0.29) is 23.0 Å². The van der Waals surface area contributed by atoms with E-state index in [0.717, 1.165) is 23.1 Å². The van der Waals surface area contributed by atoms with Crippen molar-refractivity contribution in [1.82, 2.24) is 0 Å². The average Bonchev–Trinajstić information content (AvgIpc) is 2.86. The first-order valence-electron chi connectivity index (χ1n) is 11.4. The van der Waals surface area contributed by atoms with E-state index in [9.17, 15) is 15.3 Å². The van der Waals surface area contributed by atoms with Crippen molar-refractivity contribution in [2.75, 3.05) is 7.11 Å². The number of methoxy groups -OCH3 is 1. The first kappa shape index (κ1) is 22.6. The Morgan fingerprint density at radius 1 is 0.743 bits per heavy atom. The third-order valence-corrected chi connectivity index (χ3v) is 6.18. The Morgan fingerprint density at radius 2 is 1.54 bits per heavy atom. The maximum Gasteiger partial charge on any atom is 0.201 e. The van der Waals surface area contributed by atoms with Crippen molar-refractivity contribution < 1.29 is 29.5 Å². The zero-order valence-electron chi connectivity index (χ0n) is 19.3. The standard InChI is InChI=1S/C29H26O6/c1-33-26-15-19-4-2-6-23(14-19)35-29-20(5-3-7-24(29)30)11-8-18-9-12-22(13-10-18)34-27-17-21(26)16-25(31)28(27)32/h2-7,9-10,12-14,16-17,26,30-32H,8,11,15H2,1H3/t26-/m1/s1. The van der Waals surface area contributed by atoms with Crippen molar-refractivity contribution in [2.45, 2.75) is 25.4 Å². The van der Waals surface area contributed by atoms with Gasteiger partial charge in [-0.2, -0.15) is 0 Å². The van der Waals surface area contributed by atoms with Crippen LogP contribution in [0.3, 0.4) is 0 Å². The van der Waals surface area contributed by atoms with Gasteiger partial charge in [-0.3, -0.25) is 0 Å². The number of para-hydroxylation sites is 1. The Balaban J connectivity index is 1.60. The van der Waals surface area contributed by atoms with Gasteiger partial charge in [0.05, 0.1) is 6.10 Å². The molecule has 0 saturated heterocycles. The van der Waals surface area contributed by atoms with E-state index in [1.807, 2.05) is 60.7 Å². The van der Waals surface area contributed by atoms with Crippen LogP contribution in [0.1, 0.15) is 28.4 Å². The number of hydrogen-bond donors (Lipinski definition) is 3. The minimum atomic E-state index is -0.416. The maximum atomic E-state index is 10.5. The van der Waals surface area contributed by atoms with Gasteiger partial charge in [0, 0.05) is 13.5 Å². The van der Waals surface area contributed by atoms with Gasteiger partial charge in [-0.25, -0.2) is 0 Å². The normalized spacial score (nSPS) is 15.3. The molecule has 6 bridgehead atoms. The van der Waals surface area contributed by atoms with Crippen LogP contribution in [-0.2, 0) is 24.0 Å². The van der Waals surface area contributed by atoms with Crippen LogP contribution in [0.2, 0.25) is 0 Å². The molecule has 0 fully saturated rings. The first-order valence-corrected chi connectivity index (χ1v) is 11.4. The summed E-state index contributed by atoms with van der Waals surface area (Å²) >= 11 is 0. The second-order valence-corrected chi connectivity index (χ2v) is 8.58. The van der Waals surface area contributed by atoms with E-state index in [0.29, 0.717) is 35.7 Å². The fourth-order valence-corrected chi connectivity index (χ4v) is 4.30. The molecule has 2 heterocycles. The highest BCUT2D eigenvalue weighted by Gasteiger charge is 2.19. The number of fused-ring (bicyclic) bond motifs is 4. The lowest BCUT2D eigenvalue weighted by molar-refractivity contribution is 0.103. The second kappa shape index (κ2) is 9.60. The molecule has 2 aliphatic heterocycles. The summed E-state index contributed by atoms with van der Waals surface area (Å²) in [6.07, 6.45) is 1.48. The molecular weight excluding hydrogens is 444 g/mol. The van der Waals surface area contributed by atoms with E-state index in [2.05, 4.69) is 0 Å². The minimum absolute atomic E-state index is 0.0907. The Hall–Kier alpha value is -4.16. The van der Waals surface area contributed by atoms with Gasteiger partial charge in [0.1, 0.15) is 11.5 Å². The number of hydrogen-bond acceptors (Lipinski definition) is 6. The summed E-state index contributed by atoms with van der Waals surface area (Å²) in [4.78, 5) is 0. The van der Waals surface area contributed by atoms with Crippen molar-refractivity contribution in [3.05, 3.63) is 101 Å². The highest BCUT2D eigenvalue weighted by atomic mass is 16.5. The van der Waals surface area contributed by atoms with Gasteiger partial charge < -0.3 is 29.5 Å². The van der Waals surface area contributed by atoms with Gasteiger partial charge in [0.2, 0.25) is 5.75 Å². The number of rotatable bonds is 1. The van der Waals surface area contributed by atoms with Gasteiger partial charge in [0.15, 0.2) is 23.0 Å². The van der Waals surface area contributed by atoms with Crippen LogP contribution in [0.15, 0.2) is 78.9 Å². The van der Waals surface area contributed by atoms with Crippen molar-refractivity contribution in [1.29, 1.82) is 0 Å². The fourth-order valence-electron chi connectivity index (χ4n) is 4.30. The van der Waals surface area contributed by atoms with Crippen molar-refractivity contribution in [3.8, 4) is 40.2 Å². The summed E-state index contributed by atoms with van der Waals surface area (Å²) in [6, 6.07) is 23.7. The molecule has 35 heavy (non-hydrogen) atoms. The Morgan fingerprint density at radius 3 is 2.34 bits per heavy atom. The van der Waals surface area contributed by atoms with E-state index in [1.54, 1.807) is 19.2 Å². The molecule has 6 rings (SSSR count). The molecule has 6 heteroatoms. The third-order valence-electron chi connectivity index (χ3n) is 6.18. The van der Waals surface area contributed by atoms with Crippen LogP contribution in [0.4, 0.5) is 0 Å². The summed E-state index contributed by atoms with van der Waals surface area (Å²) in [5.41, 5.74) is 3.58. The van der Waals surface area contributed by atoms with Crippen molar-refractivity contribution >= 4 is 0 Å². The van der Waals surface area contributed by atoms with Crippen LogP contribution < -0.4 is 9.47 Å². The topological polar surface area (TPSA) is 88.4 Å². The number of ether oxygens (including phenoxy) is 3. The highest BCUT2D eigenvalue weighted by molar-refractivity contribution is 5.54. The van der Waals surface area contributed by atoms with Gasteiger partial charge in [0.25, 0.3) is 0 Å². The summed E-state index contributed by atoms with van der Waals surface area (Å²) < 4.78 is 17.8. The number of phenols is 3. The molecule has 3 N–H and O–H groups in total. The smallest absolute Gasteiger partial charge is 0.201 e. The van der Waals surface area contributed by atoms with E-state index < -0.39 is 6.10 Å². The number of aromatic hydroxyl groups is 3. The molecule has 178 valence electrons. The predicted octanol–water partition coefficient (Wildman–Crippen LogP) is 6.42. The predicted molar refractivity (Wildman–Crippen MR) is 132 cm³/mol. The summed E-state index contributed by atoms with van der Waals surface area (Å²) in [6.45, 7) is 0. The zero-order valence-corrected chi connectivity index (χ0v) is 19.3. The van der Waals surface area contributed by atoms with Crippen LogP contribution in [0.5, 0.6) is 40.2 Å². The average molecular weight is 471 g/mol. The van der Waals surface area contributed by atoms with Crippen LogP contribution in [0, 0.1) is 0 Å². The quantitative estimate of drug-likeness (QED) is 0.278. The van der Waals surface area contributed by atoms with Gasteiger partial charge in [-0.1, -0.05) is 36.4 Å². The fraction of sp³-hybridized carbons (Fsp3) is 0.172. The van der Waals surface area contributed by atoms with Crippen LogP contribution in [-0.4, -0.2) is 22.4 Å². The van der Waals surface area contributed by atoms with E-state index in [4.69, 9.17) is 14.2 Å². The first-order chi connectivity index (χ1) is 17.0. The van der Waals surface area contributed by atoms with Crippen LogP contribution in [0.25, 0.3) is 0 Å². The largest absolute Gasteiger partial charge is 0.504 e. The number of benzene rings is 4. The molecular formula is C29H26O6. The molecule has 4 aromatic rings. The van der Waals surface area contributed by atoms with E-state index in [1.165, 1.54) is 6.07 Å². The third kappa shape index (κ3) is 4.88. The molecule has 0 aromatic heterocycles. The molecule has 0 spiro atoms. The SMILES string of the molecule is CO[C@@H]1Cc2cccc(c2)Oc2c(O)cccc2CCc2ccc(cc2)Oc2cc1cc(O)c2O. The molecule has 1 atom stereocenters. The lowest BCUT2D eigenvalue weighted by atomic mass is 10.00. The van der Waals surface area contributed by atoms with Gasteiger partial charge >= 0.3 is 0 Å². The Labute approximate surface area is 203 Å². The monoisotopic (exact) mass is 470 g/mol. The Bertz CT molecular complexity index is 1350. The highest BCUT2D eigenvalue weighted by Crippen LogP contribution is 2.42. The molecule has 0 radical (unpaired) electrons. The molecule has 6 nitrogen and oxygen atoms in total. The molecule has 0 amide bonds.